The molecule has 1 aliphatic rings. The van der Waals surface area contributed by atoms with E-state index in [1.54, 1.807) is 19.2 Å². The van der Waals surface area contributed by atoms with Crippen molar-refractivity contribution in [3.63, 3.8) is 0 Å². The van der Waals surface area contributed by atoms with E-state index in [1.165, 1.54) is 7.11 Å². The fourth-order valence-corrected chi connectivity index (χ4v) is 3.41. The lowest BCUT2D eigenvalue weighted by molar-refractivity contribution is 0.159. The van der Waals surface area contributed by atoms with Gasteiger partial charge in [0.1, 0.15) is 17.6 Å². The monoisotopic (exact) mass is 360 g/mol. The Morgan fingerprint density at radius 3 is 2.46 bits per heavy atom. The van der Waals surface area contributed by atoms with Gasteiger partial charge in [0.05, 0.1) is 26.7 Å². The molecule has 0 bridgehead atoms. The molecule has 0 aliphatic carbocycles. The van der Waals surface area contributed by atoms with Gasteiger partial charge in [-0.1, -0.05) is 12.1 Å². The maximum Gasteiger partial charge on any atom is 0.164 e. The molecule has 0 spiro atoms. The number of methoxy groups -OCH3 is 2. The Hall–Kier alpha value is -2.44. The molecule has 3 rings (SSSR count). The number of hydrogen-bond acceptors (Lipinski definition) is 6. The molecule has 0 radical (unpaired) electrons. The summed E-state index contributed by atoms with van der Waals surface area (Å²) < 4.78 is 16.7. The van der Waals surface area contributed by atoms with Crippen LogP contribution < -0.4 is 14.2 Å². The van der Waals surface area contributed by atoms with Gasteiger partial charge in [-0.3, -0.25) is 0 Å². The number of ether oxygens (including phenoxy) is 3. The lowest BCUT2D eigenvalue weighted by Crippen LogP contribution is -2.13. The molecule has 140 valence electrons. The van der Waals surface area contributed by atoms with Gasteiger partial charge in [0.2, 0.25) is 0 Å². The molecular weight excluding hydrogens is 336 g/mol. The van der Waals surface area contributed by atoms with Crippen LogP contribution in [-0.4, -0.2) is 42.8 Å². The molecule has 2 aromatic carbocycles. The predicted octanol–water partition coefficient (Wildman–Crippen LogP) is 2.54. The number of fused-ring (bicyclic) bond motifs is 1. The summed E-state index contributed by atoms with van der Waals surface area (Å²) in [5.74, 6) is 1.37. The first-order chi connectivity index (χ1) is 12.6. The first kappa shape index (κ1) is 18.4. The normalized spacial score (nSPS) is 18.3. The van der Waals surface area contributed by atoms with Crippen LogP contribution in [0.1, 0.15) is 35.1 Å². The standard InChI is InChI=1S/C20H24O6/c1-24-17-8-13(6-5-12(17)4-3-7-21)20-15(11-22)14-9-16(23)19(25-2)10-18(14)26-20/h5-6,8-10,15,20-23H,3-4,7,11H2,1-2H3/t15-,20+/m1/s1. The zero-order valence-corrected chi connectivity index (χ0v) is 14.9. The summed E-state index contributed by atoms with van der Waals surface area (Å²) in [5, 5.41) is 29.0. The van der Waals surface area contributed by atoms with E-state index in [-0.39, 0.29) is 31.0 Å². The second-order valence-corrected chi connectivity index (χ2v) is 6.29. The Kier molecular flexibility index (Phi) is 5.54. The van der Waals surface area contributed by atoms with Gasteiger partial charge in [-0.25, -0.2) is 0 Å². The predicted molar refractivity (Wildman–Crippen MR) is 96.3 cm³/mol. The van der Waals surface area contributed by atoms with Crippen molar-refractivity contribution in [1.82, 2.24) is 0 Å². The van der Waals surface area contributed by atoms with Crippen LogP contribution in [0.15, 0.2) is 30.3 Å². The zero-order chi connectivity index (χ0) is 18.7. The van der Waals surface area contributed by atoms with E-state index in [4.69, 9.17) is 19.3 Å². The van der Waals surface area contributed by atoms with Crippen LogP contribution in [0, 0.1) is 0 Å². The van der Waals surface area contributed by atoms with Crippen LogP contribution in [0.5, 0.6) is 23.0 Å². The lowest BCUT2D eigenvalue weighted by atomic mass is 9.90. The van der Waals surface area contributed by atoms with E-state index in [2.05, 4.69) is 0 Å². The highest BCUT2D eigenvalue weighted by Gasteiger charge is 2.36. The first-order valence-electron chi connectivity index (χ1n) is 8.59. The molecule has 6 heteroatoms. The average molecular weight is 360 g/mol. The summed E-state index contributed by atoms with van der Waals surface area (Å²) in [6, 6.07) is 9.04. The van der Waals surface area contributed by atoms with Gasteiger partial charge in [0.25, 0.3) is 0 Å². The molecular formula is C20H24O6. The van der Waals surface area contributed by atoms with Crippen molar-refractivity contribution in [3.8, 4) is 23.0 Å². The molecule has 0 saturated heterocycles. The van der Waals surface area contributed by atoms with Gasteiger partial charge in [0, 0.05) is 18.2 Å². The van der Waals surface area contributed by atoms with Crippen molar-refractivity contribution >= 4 is 0 Å². The Bertz CT molecular complexity index is 773. The minimum absolute atomic E-state index is 0.0193. The Balaban J connectivity index is 1.94. The highest BCUT2D eigenvalue weighted by atomic mass is 16.5. The van der Waals surface area contributed by atoms with E-state index in [9.17, 15) is 10.2 Å². The summed E-state index contributed by atoms with van der Waals surface area (Å²) in [6.07, 6.45) is 1.00. The number of aliphatic hydroxyl groups excluding tert-OH is 2. The Morgan fingerprint density at radius 2 is 1.81 bits per heavy atom. The number of rotatable bonds is 7. The van der Waals surface area contributed by atoms with Crippen molar-refractivity contribution in [2.75, 3.05) is 27.4 Å². The average Bonchev–Trinajstić information content (AvgIpc) is 3.02. The summed E-state index contributed by atoms with van der Waals surface area (Å²) >= 11 is 0. The maximum atomic E-state index is 10.0. The Labute approximate surface area is 152 Å². The van der Waals surface area contributed by atoms with Gasteiger partial charge >= 0.3 is 0 Å². The fourth-order valence-electron chi connectivity index (χ4n) is 3.41. The number of phenols is 1. The molecule has 2 aromatic rings. The zero-order valence-electron chi connectivity index (χ0n) is 14.9. The molecule has 6 nitrogen and oxygen atoms in total. The molecule has 0 aromatic heterocycles. The van der Waals surface area contributed by atoms with E-state index in [1.807, 2.05) is 18.2 Å². The summed E-state index contributed by atoms with van der Waals surface area (Å²) in [5.41, 5.74) is 2.64. The number of phenolic OH excluding ortho intramolecular Hbond substituents is 1. The molecule has 0 saturated carbocycles. The molecule has 2 atom stereocenters. The first-order valence-corrected chi connectivity index (χ1v) is 8.59. The maximum absolute atomic E-state index is 10.0. The third-order valence-electron chi connectivity index (χ3n) is 4.77. The summed E-state index contributed by atoms with van der Waals surface area (Å²) in [4.78, 5) is 0. The minimum Gasteiger partial charge on any atom is -0.504 e. The van der Waals surface area contributed by atoms with Crippen LogP contribution in [0.3, 0.4) is 0 Å². The molecule has 0 fully saturated rings. The number of benzene rings is 2. The number of aliphatic hydroxyl groups is 2. The molecule has 26 heavy (non-hydrogen) atoms. The fraction of sp³-hybridized carbons (Fsp3) is 0.400. The van der Waals surface area contributed by atoms with Crippen LogP contribution in [-0.2, 0) is 6.42 Å². The third-order valence-corrected chi connectivity index (χ3v) is 4.77. The van der Waals surface area contributed by atoms with Crippen LogP contribution in [0.2, 0.25) is 0 Å². The van der Waals surface area contributed by atoms with Crippen molar-refractivity contribution in [3.05, 3.63) is 47.0 Å². The quantitative estimate of drug-likeness (QED) is 0.703. The summed E-state index contributed by atoms with van der Waals surface area (Å²) in [6.45, 7) is 0.0158. The summed E-state index contributed by atoms with van der Waals surface area (Å²) in [7, 11) is 3.09. The van der Waals surface area contributed by atoms with Crippen LogP contribution in [0.4, 0.5) is 0 Å². The second-order valence-electron chi connectivity index (χ2n) is 6.29. The van der Waals surface area contributed by atoms with Crippen molar-refractivity contribution < 1.29 is 29.5 Å². The number of aromatic hydroxyl groups is 1. The van der Waals surface area contributed by atoms with Gasteiger partial charge in [0.15, 0.2) is 11.5 Å². The third kappa shape index (κ3) is 3.30. The van der Waals surface area contributed by atoms with E-state index >= 15 is 0 Å². The van der Waals surface area contributed by atoms with Gasteiger partial charge in [-0.05, 0) is 36.1 Å². The van der Waals surface area contributed by atoms with E-state index in [0.29, 0.717) is 17.9 Å². The number of hydrogen-bond donors (Lipinski definition) is 3. The molecule has 1 aliphatic heterocycles. The van der Waals surface area contributed by atoms with Crippen LogP contribution in [0.25, 0.3) is 0 Å². The van der Waals surface area contributed by atoms with Crippen molar-refractivity contribution in [2.45, 2.75) is 24.9 Å². The number of aryl methyl sites for hydroxylation is 1. The molecule has 0 amide bonds. The molecule has 3 N–H and O–H groups in total. The van der Waals surface area contributed by atoms with Crippen LogP contribution >= 0.6 is 0 Å². The largest absolute Gasteiger partial charge is 0.504 e. The topological polar surface area (TPSA) is 88.4 Å². The minimum atomic E-state index is -0.387. The smallest absolute Gasteiger partial charge is 0.164 e. The lowest BCUT2D eigenvalue weighted by Gasteiger charge is -2.19. The Morgan fingerprint density at radius 1 is 1.04 bits per heavy atom. The van der Waals surface area contributed by atoms with E-state index in [0.717, 1.165) is 28.9 Å². The van der Waals surface area contributed by atoms with E-state index < -0.39 is 0 Å². The SMILES string of the molecule is COc1cc2c(cc1O)[C@@H](CO)[C@H](c1ccc(CCCO)c(OC)c1)O2. The van der Waals surface area contributed by atoms with Gasteiger partial charge in [-0.2, -0.15) is 0 Å². The highest BCUT2D eigenvalue weighted by molar-refractivity contribution is 5.54. The molecule has 1 heterocycles. The van der Waals surface area contributed by atoms with Crippen molar-refractivity contribution in [1.29, 1.82) is 0 Å². The van der Waals surface area contributed by atoms with Gasteiger partial charge < -0.3 is 29.5 Å². The van der Waals surface area contributed by atoms with Gasteiger partial charge in [-0.15, -0.1) is 0 Å². The highest BCUT2D eigenvalue weighted by Crippen LogP contribution is 2.49. The molecule has 0 unspecified atom stereocenters. The second kappa shape index (κ2) is 7.85. The van der Waals surface area contributed by atoms with Crippen molar-refractivity contribution in [2.24, 2.45) is 0 Å².